The van der Waals surface area contributed by atoms with Gasteiger partial charge in [0.05, 0.1) is 12.9 Å². The number of allylic oxidation sites excluding steroid dienone is 1. The largest absolute Gasteiger partial charge is 0.501 e. The summed E-state index contributed by atoms with van der Waals surface area (Å²) < 4.78 is 5.26. The molecule has 2 aliphatic rings. The molecule has 90 valence electrons. The molecule has 0 aromatic rings. The van der Waals surface area contributed by atoms with Gasteiger partial charge in [-0.1, -0.05) is 19.3 Å². The van der Waals surface area contributed by atoms with E-state index in [-0.39, 0.29) is 11.2 Å². The second-order valence-electron chi connectivity index (χ2n) is 4.99. The summed E-state index contributed by atoms with van der Waals surface area (Å²) in [6.45, 7) is 1.23. The van der Waals surface area contributed by atoms with Crippen LogP contribution in [-0.4, -0.2) is 18.9 Å². The first kappa shape index (κ1) is 11.6. The van der Waals surface area contributed by atoms with Gasteiger partial charge in [0.25, 0.3) is 0 Å². The summed E-state index contributed by atoms with van der Waals surface area (Å²) in [7, 11) is 0. The second kappa shape index (κ2) is 5.00. The lowest BCUT2D eigenvalue weighted by Gasteiger charge is -2.35. The van der Waals surface area contributed by atoms with E-state index < -0.39 is 0 Å². The van der Waals surface area contributed by atoms with E-state index in [2.05, 4.69) is 0 Å². The fourth-order valence-corrected chi connectivity index (χ4v) is 2.82. The van der Waals surface area contributed by atoms with Crippen LogP contribution in [-0.2, 0) is 9.53 Å². The molecule has 1 saturated carbocycles. The van der Waals surface area contributed by atoms with Gasteiger partial charge in [0.2, 0.25) is 0 Å². The number of nitrogens with two attached hydrogens (primary N) is 1. The third-order valence-electron chi connectivity index (χ3n) is 3.91. The van der Waals surface area contributed by atoms with Crippen molar-refractivity contribution in [2.45, 2.75) is 44.9 Å². The average molecular weight is 223 g/mol. The zero-order valence-corrected chi connectivity index (χ0v) is 9.84. The van der Waals surface area contributed by atoms with Crippen LogP contribution in [0.3, 0.4) is 0 Å². The minimum atomic E-state index is -0.273. The molecule has 1 fully saturated rings. The lowest BCUT2D eigenvalue weighted by atomic mass is 9.69. The average Bonchev–Trinajstić information content (AvgIpc) is 2.39. The highest BCUT2D eigenvalue weighted by molar-refractivity contribution is 6.00. The number of ketones is 1. The van der Waals surface area contributed by atoms with Crippen molar-refractivity contribution >= 4 is 5.78 Å². The van der Waals surface area contributed by atoms with Gasteiger partial charge in [-0.25, -0.2) is 0 Å². The first-order valence-corrected chi connectivity index (χ1v) is 6.34. The summed E-state index contributed by atoms with van der Waals surface area (Å²) >= 11 is 0. The number of rotatable bonds is 3. The summed E-state index contributed by atoms with van der Waals surface area (Å²) in [4.78, 5) is 12.5. The molecule has 1 aliphatic heterocycles. The highest BCUT2D eigenvalue weighted by Crippen LogP contribution is 2.39. The van der Waals surface area contributed by atoms with Gasteiger partial charge in [0.1, 0.15) is 0 Å². The van der Waals surface area contributed by atoms with Crippen LogP contribution in [0.1, 0.15) is 44.9 Å². The first-order valence-electron chi connectivity index (χ1n) is 6.34. The SMILES string of the molecule is NCC1(C(=O)C2=COCCC2)CCCCC1. The molecule has 1 heterocycles. The third kappa shape index (κ3) is 2.14. The Morgan fingerprint density at radius 3 is 2.62 bits per heavy atom. The van der Waals surface area contributed by atoms with E-state index in [9.17, 15) is 4.79 Å². The van der Waals surface area contributed by atoms with Crippen molar-refractivity contribution in [3.8, 4) is 0 Å². The van der Waals surface area contributed by atoms with Crippen LogP contribution in [0.25, 0.3) is 0 Å². The molecule has 16 heavy (non-hydrogen) atoms. The summed E-state index contributed by atoms with van der Waals surface area (Å²) in [5, 5.41) is 0. The lowest BCUT2D eigenvalue weighted by Crippen LogP contribution is -2.41. The van der Waals surface area contributed by atoms with Crippen molar-refractivity contribution in [2.24, 2.45) is 11.1 Å². The zero-order chi connectivity index (χ0) is 11.4. The smallest absolute Gasteiger partial charge is 0.169 e. The monoisotopic (exact) mass is 223 g/mol. The molecular formula is C13H21NO2. The maximum absolute atomic E-state index is 12.5. The topological polar surface area (TPSA) is 52.3 Å². The minimum absolute atomic E-state index is 0.259. The van der Waals surface area contributed by atoms with Gasteiger partial charge in [-0.2, -0.15) is 0 Å². The molecule has 3 nitrogen and oxygen atoms in total. The number of hydrogen-bond acceptors (Lipinski definition) is 3. The molecule has 0 aromatic heterocycles. The third-order valence-corrected chi connectivity index (χ3v) is 3.91. The van der Waals surface area contributed by atoms with Crippen LogP contribution in [0.2, 0.25) is 0 Å². The Kier molecular flexibility index (Phi) is 3.64. The highest BCUT2D eigenvalue weighted by Gasteiger charge is 2.39. The van der Waals surface area contributed by atoms with Crippen molar-refractivity contribution in [1.82, 2.24) is 0 Å². The Hall–Kier alpha value is -0.830. The Morgan fingerprint density at radius 1 is 1.31 bits per heavy atom. The predicted molar refractivity (Wildman–Crippen MR) is 62.8 cm³/mol. The van der Waals surface area contributed by atoms with Gasteiger partial charge < -0.3 is 10.5 Å². The molecule has 0 bridgehead atoms. The van der Waals surface area contributed by atoms with Crippen molar-refractivity contribution in [3.05, 3.63) is 11.8 Å². The van der Waals surface area contributed by atoms with Crippen molar-refractivity contribution in [1.29, 1.82) is 0 Å². The van der Waals surface area contributed by atoms with Crippen LogP contribution in [0.5, 0.6) is 0 Å². The molecular weight excluding hydrogens is 202 g/mol. The molecule has 2 rings (SSSR count). The lowest BCUT2D eigenvalue weighted by molar-refractivity contribution is -0.126. The van der Waals surface area contributed by atoms with Crippen molar-refractivity contribution < 1.29 is 9.53 Å². The number of carbonyl (C=O) groups excluding carboxylic acids is 1. The molecule has 1 aliphatic carbocycles. The van der Waals surface area contributed by atoms with Crippen LogP contribution in [0.4, 0.5) is 0 Å². The summed E-state index contributed by atoms with van der Waals surface area (Å²) in [6, 6.07) is 0. The van der Waals surface area contributed by atoms with Crippen LogP contribution < -0.4 is 5.73 Å². The number of carbonyl (C=O) groups is 1. The number of ether oxygens (including phenoxy) is 1. The molecule has 0 atom stereocenters. The summed E-state index contributed by atoms with van der Waals surface area (Å²) in [5.74, 6) is 0.259. The van der Waals surface area contributed by atoms with Crippen LogP contribution in [0.15, 0.2) is 11.8 Å². The number of hydrogen-bond donors (Lipinski definition) is 1. The standard InChI is InChI=1S/C13H21NO2/c14-10-13(6-2-1-3-7-13)12(15)11-5-4-8-16-9-11/h9H,1-8,10,14H2. The van der Waals surface area contributed by atoms with E-state index in [0.717, 1.165) is 50.7 Å². The van der Waals surface area contributed by atoms with Crippen molar-refractivity contribution in [2.75, 3.05) is 13.2 Å². The Bertz CT molecular complexity index is 290. The maximum Gasteiger partial charge on any atom is 0.169 e. The molecule has 0 saturated heterocycles. The van der Waals surface area contributed by atoms with E-state index in [1.54, 1.807) is 6.26 Å². The van der Waals surface area contributed by atoms with E-state index in [4.69, 9.17) is 10.5 Å². The van der Waals surface area contributed by atoms with Gasteiger partial charge in [0, 0.05) is 17.5 Å². The van der Waals surface area contributed by atoms with Gasteiger partial charge in [-0.05, 0) is 25.7 Å². The molecule has 0 spiro atoms. The summed E-state index contributed by atoms with van der Waals surface area (Å²) in [6.07, 6.45) is 8.91. The highest BCUT2D eigenvalue weighted by atomic mass is 16.5. The van der Waals surface area contributed by atoms with Gasteiger partial charge >= 0.3 is 0 Å². The van der Waals surface area contributed by atoms with E-state index in [1.165, 1.54) is 6.42 Å². The van der Waals surface area contributed by atoms with Crippen LogP contribution in [0, 0.1) is 5.41 Å². The zero-order valence-electron chi connectivity index (χ0n) is 9.84. The molecule has 2 N–H and O–H groups in total. The van der Waals surface area contributed by atoms with Gasteiger partial charge in [0.15, 0.2) is 5.78 Å². The molecule has 0 radical (unpaired) electrons. The Labute approximate surface area is 97.0 Å². The molecule has 0 unspecified atom stereocenters. The van der Waals surface area contributed by atoms with Gasteiger partial charge in [-0.15, -0.1) is 0 Å². The van der Waals surface area contributed by atoms with E-state index in [0.29, 0.717) is 6.54 Å². The molecule has 3 heteroatoms. The normalized spacial score (nSPS) is 24.4. The van der Waals surface area contributed by atoms with E-state index >= 15 is 0 Å². The Balaban J connectivity index is 2.13. The first-order chi connectivity index (χ1) is 7.78. The Morgan fingerprint density at radius 2 is 2.06 bits per heavy atom. The second-order valence-corrected chi connectivity index (χ2v) is 4.99. The van der Waals surface area contributed by atoms with Crippen LogP contribution >= 0.6 is 0 Å². The quantitative estimate of drug-likeness (QED) is 0.797. The molecule has 0 aromatic carbocycles. The minimum Gasteiger partial charge on any atom is -0.501 e. The van der Waals surface area contributed by atoms with Crippen molar-refractivity contribution in [3.63, 3.8) is 0 Å². The van der Waals surface area contributed by atoms with E-state index in [1.807, 2.05) is 0 Å². The number of Topliss-reactive ketones (excluding diaryl/α,β-unsaturated/α-hetero) is 1. The summed E-state index contributed by atoms with van der Waals surface area (Å²) in [5.41, 5.74) is 6.44. The van der Waals surface area contributed by atoms with Gasteiger partial charge in [-0.3, -0.25) is 4.79 Å². The maximum atomic E-state index is 12.5. The molecule has 0 amide bonds. The predicted octanol–water partition coefficient (Wildman–Crippen LogP) is 2.16. The fourth-order valence-electron chi connectivity index (χ4n) is 2.82. The fraction of sp³-hybridized carbons (Fsp3) is 0.769.